The molecule has 2 heterocycles. The van der Waals surface area contributed by atoms with Crippen molar-refractivity contribution in [3.63, 3.8) is 0 Å². The van der Waals surface area contributed by atoms with Gasteiger partial charge >= 0.3 is 0 Å². The lowest BCUT2D eigenvalue weighted by Gasteiger charge is -2.22. The van der Waals surface area contributed by atoms with E-state index in [4.69, 9.17) is 13.9 Å². The first-order valence-electron chi connectivity index (χ1n) is 6.11. The summed E-state index contributed by atoms with van der Waals surface area (Å²) in [6.45, 7) is 2.50. The first-order valence-corrected chi connectivity index (χ1v) is 6.11. The maximum Gasteiger partial charge on any atom is 0.198 e. The van der Waals surface area contributed by atoms with Crippen LogP contribution in [0.3, 0.4) is 0 Å². The average Bonchev–Trinajstić information content (AvgIpc) is 2.82. The highest BCUT2D eigenvalue weighted by atomic mass is 16.5. The number of nitrogens with zero attached hydrogens (tertiary/aromatic N) is 1. The van der Waals surface area contributed by atoms with Crippen molar-refractivity contribution in [2.45, 2.75) is 12.5 Å². The zero-order valence-corrected chi connectivity index (χ0v) is 10.3. The van der Waals surface area contributed by atoms with Gasteiger partial charge in [0.2, 0.25) is 0 Å². The van der Waals surface area contributed by atoms with E-state index in [-0.39, 0.29) is 6.10 Å². The zero-order valence-electron chi connectivity index (χ0n) is 10.3. The number of ether oxygens (including phenoxy) is 2. The minimum Gasteiger partial charge on any atom is -0.494 e. The molecule has 1 aromatic heterocycles. The van der Waals surface area contributed by atoms with Crippen LogP contribution < -0.4 is 10.1 Å². The van der Waals surface area contributed by atoms with Crippen LogP contribution in [0.25, 0.3) is 11.1 Å². The van der Waals surface area contributed by atoms with E-state index in [1.54, 1.807) is 7.11 Å². The van der Waals surface area contributed by atoms with Gasteiger partial charge in [-0.3, -0.25) is 0 Å². The fourth-order valence-corrected chi connectivity index (χ4v) is 2.17. The van der Waals surface area contributed by atoms with Gasteiger partial charge < -0.3 is 19.2 Å². The van der Waals surface area contributed by atoms with Gasteiger partial charge in [-0.1, -0.05) is 6.07 Å². The summed E-state index contributed by atoms with van der Waals surface area (Å²) in [5.74, 6) is 1.44. The number of oxazole rings is 1. The number of hydrogen-bond donors (Lipinski definition) is 1. The third-order valence-corrected chi connectivity index (χ3v) is 3.05. The summed E-state index contributed by atoms with van der Waals surface area (Å²) >= 11 is 0. The topological polar surface area (TPSA) is 56.5 Å². The van der Waals surface area contributed by atoms with E-state index < -0.39 is 0 Å². The lowest BCUT2D eigenvalue weighted by atomic mass is 10.2. The molecule has 1 aromatic carbocycles. The number of rotatable bonds is 3. The number of nitrogens with one attached hydrogen (secondary N) is 1. The normalized spacial score (nSPS) is 20.2. The summed E-state index contributed by atoms with van der Waals surface area (Å²) in [6, 6.07) is 5.68. The first kappa shape index (κ1) is 11.5. The third kappa shape index (κ3) is 2.19. The molecule has 1 aliphatic rings. The molecule has 5 nitrogen and oxygen atoms in total. The Kier molecular flexibility index (Phi) is 3.17. The minimum atomic E-state index is 0.137. The molecule has 1 saturated heterocycles. The Morgan fingerprint density at radius 2 is 2.44 bits per heavy atom. The van der Waals surface area contributed by atoms with Crippen molar-refractivity contribution in [3.05, 3.63) is 24.1 Å². The van der Waals surface area contributed by atoms with Gasteiger partial charge in [0.05, 0.1) is 26.2 Å². The number of benzene rings is 1. The van der Waals surface area contributed by atoms with Gasteiger partial charge in [-0.25, -0.2) is 4.98 Å². The smallest absolute Gasteiger partial charge is 0.198 e. The van der Waals surface area contributed by atoms with Crippen molar-refractivity contribution in [3.8, 4) is 5.75 Å². The van der Waals surface area contributed by atoms with Crippen LogP contribution in [0.5, 0.6) is 5.75 Å². The van der Waals surface area contributed by atoms with Gasteiger partial charge in [0.15, 0.2) is 17.0 Å². The van der Waals surface area contributed by atoms with E-state index in [1.165, 1.54) is 0 Å². The number of aromatic nitrogens is 1. The van der Waals surface area contributed by atoms with Gasteiger partial charge in [-0.2, -0.15) is 0 Å². The van der Waals surface area contributed by atoms with E-state index in [1.807, 2.05) is 18.2 Å². The van der Waals surface area contributed by atoms with Gasteiger partial charge in [-0.05, 0) is 12.1 Å². The minimum absolute atomic E-state index is 0.137. The van der Waals surface area contributed by atoms with Crippen molar-refractivity contribution < 1.29 is 13.9 Å². The monoisotopic (exact) mass is 248 g/mol. The van der Waals surface area contributed by atoms with Crippen molar-refractivity contribution >= 4 is 11.1 Å². The molecule has 0 spiro atoms. The van der Waals surface area contributed by atoms with Crippen molar-refractivity contribution in [1.82, 2.24) is 10.3 Å². The van der Waals surface area contributed by atoms with Crippen LogP contribution in [0.15, 0.2) is 22.6 Å². The summed E-state index contributed by atoms with van der Waals surface area (Å²) in [5.41, 5.74) is 1.53. The Morgan fingerprint density at radius 1 is 1.50 bits per heavy atom. The summed E-state index contributed by atoms with van der Waals surface area (Å²) < 4.78 is 16.6. The lowest BCUT2D eigenvalue weighted by Crippen LogP contribution is -2.39. The predicted octanol–water partition coefficient (Wildman–Crippen LogP) is 1.37. The van der Waals surface area contributed by atoms with Gasteiger partial charge in [0.25, 0.3) is 0 Å². The lowest BCUT2D eigenvalue weighted by molar-refractivity contribution is 0.0257. The molecule has 0 saturated carbocycles. The van der Waals surface area contributed by atoms with Crippen LogP contribution >= 0.6 is 0 Å². The molecule has 0 aliphatic carbocycles. The van der Waals surface area contributed by atoms with Gasteiger partial charge in [-0.15, -0.1) is 0 Å². The van der Waals surface area contributed by atoms with E-state index in [2.05, 4.69) is 10.3 Å². The second-order valence-corrected chi connectivity index (χ2v) is 4.32. The predicted molar refractivity (Wildman–Crippen MR) is 66.9 cm³/mol. The van der Waals surface area contributed by atoms with Gasteiger partial charge in [0.1, 0.15) is 5.75 Å². The van der Waals surface area contributed by atoms with Crippen LogP contribution in [-0.4, -0.2) is 37.9 Å². The Bertz CT molecular complexity index is 532. The number of fused-ring (bicyclic) bond motifs is 1. The number of para-hydroxylation sites is 1. The van der Waals surface area contributed by atoms with E-state index in [9.17, 15) is 0 Å². The van der Waals surface area contributed by atoms with Crippen LogP contribution in [0, 0.1) is 0 Å². The number of methoxy groups -OCH3 is 1. The van der Waals surface area contributed by atoms with E-state index >= 15 is 0 Å². The Labute approximate surface area is 105 Å². The fourth-order valence-electron chi connectivity index (χ4n) is 2.17. The first-order chi connectivity index (χ1) is 8.86. The highest BCUT2D eigenvalue weighted by Crippen LogP contribution is 2.25. The quantitative estimate of drug-likeness (QED) is 0.889. The summed E-state index contributed by atoms with van der Waals surface area (Å²) in [7, 11) is 1.64. The SMILES string of the molecule is COc1cccc2oc(CC3CNCCO3)nc12. The Morgan fingerprint density at radius 3 is 3.22 bits per heavy atom. The molecule has 0 bridgehead atoms. The molecule has 96 valence electrons. The van der Waals surface area contributed by atoms with Crippen LogP contribution in [0.1, 0.15) is 5.89 Å². The Hall–Kier alpha value is -1.59. The molecule has 2 aromatic rings. The summed E-state index contributed by atoms with van der Waals surface area (Å²) in [5, 5.41) is 3.29. The highest BCUT2D eigenvalue weighted by Gasteiger charge is 2.18. The summed E-state index contributed by atoms with van der Waals surface area (Å²) in [6.07, 6.45) is 0.822. The van der Waals surface area contributed by atoms with Crippen molar-refractivity contribution in [1.29, 1.82) is 0 Å². The maximum absolute atomic E-state index is 5.71. The largest absolute Gasteiger partial charge is 0.494 e. The van der Waals surface area contributed by atoms with Gasteiger partial charge in [0, 0.05) is 13.1 Å². The maximum atomic E-state index is 5.71. The molecule has 3 rings (SSSR count). The molecular formula is C13H16N2O3. The van der Waals surface area contributed by atoms with Crippen LogP contribution in [0.4, 0.5) is 0 Å². The zero-order chi connectivity index (χ0) is 12.4. The number of hydrogen-bond acceptors (Lipinski definition) is 5. The van der Waals surface area contributed by atoms with E-state index in [0.29, 0.717) is 12.3 Å². The molecule has 1 N–H and O–H groups in total. The Balaban J connectivity index is 1.84. The van der Waals surface area contributed by atoms with E-state index in [0.717, 1.165) is 36.5 Å². The molecule has 5 heteroatoms. The number of morpholine rings is 1. The summed E-state index contributed by atoms with van der Waals surface area (Å²) in [4.78, 5) is 4.48. The second kappa shape index (κ2) is 4.96. The average molecular weight is 248 g/mol. The molecular weight excluding hydrogens is 232 g/mol. The highest BCUT2D eigenvalue weighted by molar-refractivity contribution is 5.79. The molecule has 1 fully saturated rings. The third-order valence-electron chi connectivity index (χ3n) is 3.05. The molecule has 1 atom stereocenters. The molecule has 1 aliphatic heterocycles. The van der Waals surface area contributed by atoms with Crippen molar-refractivity contribution in [2.75, 3.05) is 26.8 Å². The van der Waals surface area contributed by atoms with Crippen molar-refractivity contribution in [2.24, 2.45) is 0 Å². The molecule has 18 heavy (non-hydrogen) atoms. The fraction of sp³-hybridized carbons (Fsp3) is 0.462. The standard InChI is InChI=1S/C13H16N2O3/c1-16-10-3-2-4-11-13(10)15-12(18-11)7-9-8-14-5-6-17-9/h2-4,9,14H,5-8H2,1H3. The van der Waals surface area contributed by atoms with Crippen LogP contribution in [0.2, 0.25) is 0 Å². The second-order valence-electron chi connectivity index (χ2n) is 4.32. The molecule has 0 amide bonds. The van der Waals surface area contributed by atoms with Crippen LogP contribution in [-0.2, 0) is 11.2 Å². The molecule has 1 unspecified atom stereocenters. The molecule has 0 radical (unpaired) electrons.